The van der Waals surface area contributed by atoms with Crippen LogP contribution >= 0.6 is 0 Å². The molecule has 0 aromatic heterocycles. The van der Waals surface area contributed by atoms with Crippen molar-refractivity contribution in [2.45, 2.75) is 6.92 Å². The van der Waals surface area contributed by atoms with Crippen LogP contribution in [0, 0.1) is 0 Å². The van der Waals surface area contributed by atoms with Crippen LogP contribution in [0.25, 0.3) is 0 Å². The number of hydrogen-bond acceptors (Lipinski definition) is 7. The van der Waals surface area contributed by atoms with E-state index in [-0.39, 0.29) is 12.4 Å². The van der Waals surface area contributed by atoms with Crippen LogP contribution in [-0.2, 0) is 9.53 Å². The maximum Gasteiger partial charge on any atom is 0.343 e. The highest BCUT2D eigenvalue weighted by atomic mass is 16.7. The number of esters is 3. The highest BCUT2D eigenvalue weighted by Gasteiger charge is 2.11. The summed E-state index contributed by atoms with van der Waals surface area (Å²) < 4.78 is 20.7. The molecular formula is C25H20O7. The van der Waals surface area contributed by atoms with Crippen molar-refractivity contribution in [3.63, 3.8) is 0 Å². The zero-order valence-corrected chi connectivity index (χ0v) is 17.3. The minimum atomic E-state index is -0.570. The van der Waals surface area contributed by atoms with Gasteiger partial charge in [0.05, 0.1) is 11.1 Å². The van der Waals surface area contributed by atoms with E-state index in [1.54, 1.807) is 36.4 Å². The predicted molar refractivity (Wildman–Crippen MR) is 116 cm³/mol. The van der Waals surface area contributed by atoms with Crippen LogP contribution in [0.15, 0.2) is 91.0 Å². The van der Waals surface area contributed by atoms with E-state index in [0.29, 0.717) is 28.4 Å². The Morgan fingerprint density at radius 2 is 1.16 bits per heavy atom. The van der Waals surface area contributed by atoms with E-state index < -0.39 is 17.9 Å². The Bertz CT molecular complexity index is 1100. The Morgan fingerprint density at radius 1 is 0.688 bits per heavy atom. The maximum atomic E-state index is 12.3. The van der Waals surface area contributed by atoms with E-state index in [4.69, 9.17) is 18.9 Å². The molecular weight excluding hydrogens is 412 g/mol. The molecule has 0 fully saturated rings. The van der Waals surface area contributed by atoms with Gasteiger partial charge in [0.15, 0.2) is 0 Å². The Labute approximate surface area is 184 Å². The second-order valence-corrected chi connectivity index (χ2v) is 6.62. The summed E-state index contributed by atoms with van der Waals surface area (Å²) >= 11 is 0. The van der Waals surface area contributed by atoms with Gasteiger partial charge in [-0.15, -0.1) is 0 Å². The molecule has 3 aromatic rings. The number of carbonyl (C=O) groups is 3. The largest absolute Gasteiger partial charge is 0.457 e. The average molecular weight is 432 g/mol. The van der Waals surface area contributed by atoms with Gasteiger partial charge >= 0.3 is 17.9 Å². The van der Waals surface area contributed by atoms with Gasteiger partial charge in [-0.2, -0.15) is 0 Å². The smallest absolute Gasteiger partial charge is 0.343 e. The minimum Gasteiger partial charge on any atom is -0.457 e. The van der Waals surface area contributed by atoms with Gasteiger partial charge in [0.1, 0.15) is 17.2 Å². The van der Waals surface area contributed by atoms with E-state index in [0.717, 1.165) is 0 Å². The van der Waals surface area contributed by atoms with Crippen LogP contribution in [0.4, 0.5) is 0 Å². The molecule has 3 aromatic carbocycles. The standard InChI is InChI=1S/C25H20O7/c1-17(2)23(26)30-16-29-20-10-8-19(9-11-20)25(28)32-22-14-12-21(13-15-22)31-24(27)18-6-4-3-5-7-18/h3-15H,1,16H2,2H3. The van der Waals surface area contributed by atoms with Crippen molar-refractivity contribution in [2.75, 3.05) is 6.79 Å². The molecule has 32 heavy (non-hydrogen) atoms. The van der Waals surface area contributed by atoms with Crippen molar-refractivity contribution in [1.82, 2.24) is 0 Å². The van der Waals surface area contributed by atoms with Gasteiger partial charge in [0.2, 0.25) is 6.79 Å². The maximum absolute atomic E-state index is 12.3. The van der Waals surface area contributed by atoms with Crippen LogP contribution in [0.3, 0.4) is 0 Å². The van der Waals surface area contributed by atoms with Crippen molar-refractivity contribution in [1.29, 1.82) is 0 Å². The van der Waals surface area contributed by atoms with Crippen molar-refractivity contribution in [3.05, 3.63) is 102 Å². The molecule has 0 aliphatic carbocycles. The van der Waals surface area contributed by atoms with Crippen LogP contribution in [0.2, 0.25) is 0 Å². The topological polar surface area (TPSA) is 88.1 Å². The number of carbonyl (C=O) groups excluding carboxylic acids is 3. The molecule has 7 heteroatoms. The number of ether oxygens (including phenoxy) is 4. The molecule has 0 atom stereocenters. The van der Waals surface area contributed by atoms with Gasteiger partial charge in [0, 0.05) is 5.57 Å². The molecule has 3 rings (SSSR count). The van der Waals surface area contributed by atoms with E-state index >= 15 is 0 Å². The Kier molecular flexibility index (Phi) is 7.37. The summed E-state index contributed by atoms with van der Waals surface area (Å²) in [6.45, 7) is 4.74. The summed E-state index contributed by atoms with van der Waals surface area (Å²) in [4.78, 5) is 35.7. The third-order valence-electron chi connectivity index (χ3n) is 4.11. The van der Waals surface area contributed by atoms with E-state index in [9.17, 15) is 14.4 Å². The highest BCUT2D eigenvalue weighted by Crippen LogP contribution is 2.20. The third kappa shape index (κ3) is 6.30. The van der Waals surface area contributed by atoms with Crippen LogP contribution in [-0.4, -0.2) is 24.7 Å². The SMILES string of the molecule is C=C(C)C(=O)OCOc1ccc(C(=O)Oc2ccc(OC(=O)c3ccccc3)cc2)cc1. The van der Waals surface area contributed by atoms with E-state index in [1.807, 2.05) is 6.07 Å². The second-order valence-electron chi connectivity index (χ2n) is 6.62. The molecule has 0 aliphatic heterocycles. The molecule has 0 bridgehead atoms. The predicted octanol–water partition coefficient (Wildman–Crippen LogP) is 4.58. The van der Waals surface area contributed by atoms with Gasteiger partial charge < -0.3 is 18.9 Å². The lowest BCUT2D eigenvalue weighted by molar-refractivity contribution is -0.145. The first-order valence-corrected chi connectivity index (χ1v) is 9.57. The lowest BCUT2D eigenvalue weighted by Crippen LogP contribution is -2.11. The zero-order valence-electron chi connectivity index (χ0n) is 17.3. The first-order chi connectivity index (χ1) is 15.4. The monoisotopic (exact) mass is 432 g/mol. The molecule has 0 heterocycles. The van der Waals surface area contributed by atoms with Crippen molar-refractivity contribution < 1.29 is 33.3 Å². The van der Waals surface area contributed by atoms with Crippen molar-refractivity contribution in [3.8, 4) is 17.2 Å². The van der Waals surface area contributed by atoms with Gasteiger partial charge in [-0.05, 0) is 67.6 Å². The first-order valence-electron chi connectivity index (χ1n) is 9.57. The van der Waals surface area contributed by atoms with E-state index in [1.165, 1.54) is 43.3 Å². The number of rotatable bonds is 8. The fraction of sp³-hybridized carbons (Fsp3) is 0.0800. The van der Waals surface area contributed by atoms with Crippen molar-refractivity contribution >= 4 is 17.9 Å². The zero-order chi connectivity index (χ0) is 22.9. The van der Waals surface area contributed by atoms with Crippen LogP contribution < -0.4 is 14.2 Å². The molecule has 0 saturated heterocycles. The lowest BCUT2D eigenvalue weighted by Gasteiger charge is -2.09. The third-order valence-corrected chi connectivity index (χ3v) is 4.11. The Balaban J connectivity index is 1.51. The highest BCUT2D eigenvalue weighted by molar-refractivity contribution is 5.92. The lowest BCUT2D eigenvalue weighted by atomic mass is 10.2. The first kappa shape index (κ1) is 22.3. The Morgan fingerprint density at radius 3 is 1.66 bits per heavy atom. The molecule has 0 radical (unpaired) electrons. The van der Waals surface area contributed by atoms with Crippen molar-refractivity contribution in [2.24, 2.45) is 0 Å². The summed E-state index contributed by atoms with van der Waals surface area (Å²) in [5, 5.41) is 0. The summed E-state index contributed by atoms with van der Waals surface area (Å²) in [7, 11) is 0. The molecule has 0 N–H and O–H groups in total. The fourth-order valence-electron chi connectivity index (χ4n) is 2.44. The average Bonchev–Trinajstić information content (AvgIpc) is 2.81. The summed E-state index contributed by atoms with van der Waals surface area (Å²) in [6, 6.07) is 20.9. The quantitative estimate of drug-likeness (QED) is 0.223. The Hall–Kier alpha value is -4.39. The van der Waals surface area contributed by atoms with Crippen LogP contribution in [0.5, 0.6) is 17.2 Å². The van der Waals surface area contributed by atoms with Gasteiger partial charge in [-0.1, -0.05) is 24.8 Å². The van der Waals surface area contributed by atoms with Gasteiger partial charge in [-0.3, -0.25) is 0 Å². The molecule has 0 unspecified atom stereocenters. The number of benzene rings is 3. The molecule has 0 aliphatic rings. The van der Waals surface area contributed by atoms with E-state index in [2.05, 4.69) is 6.58 Å². The van der Waals surface area contributed by atoms with Crippen LogP contribution in [0.1, 0.15) is 27.6 Å². The molecule has 7 nitrogen and oxygen atoms in total. The van der Waals surface area contributed by atoms with Gasteiger partial charge in [0.25, 0.3) is 0 Å². The normalized spacial score (nSPS) is 10.0. The minimum absolute atomic E-state index is 0.267. The molecule has 0 saturated carbocycles. The summed E-state index contributed by atoms with van der Waals surface area (Å²) in [5.41, 5.74) is 1.01. The molecule has 0 spiro atoms. The second kappa shape index (κ2) is 10.6. The molecule has 0 amide bonds. The summed E-state index contributed by atoms with van der Waals surface area (Å²) in [6.07, 6.45) is 0. The number of hydrogen-bond donors (Lipinski definition) is 0. The molecule has 162 valence electrons. The summed E-state index contributed by atoms with van der Waals surface area (Å²) in [5.74, 6) is -0.563. The fourth-order valence-corrected chi connectivity index (χ4v) is 2.44. The van der Waals surface area contributed by atoms with Gasteiger partial charge in [-0.25, -0.2) is 14.4 Å².